The molecule has 13 rings (SSSR count). The zero-order valence-electron chi connectivity index (χ0n) is 37.3. The quantitative estimate of drug-likeness (QED) is 0.173. The molecule has 6 aliphatic rings. The first-order valence-electron chi connectivity index (χ1n) is 23.7. The molecule has 2 heterocycles. The molecule has 0 N–H and O–H groups in total. The predicted octanol–water partition coefficient (Wildman–Crippen LogP) is 15.5. The van der Waals surface area contributed by atoms with Crippen molar-refractivity contribution in [2.45, 2.75) is 68.6 Å². The second kappa shape index (κ2) is 15.3. The minimum atomic E-state index is -0.535. The first-order chi connectivity index (χ1) is 32.5. The summed E-state index contributed by atoms with van der Waals surface area (Å²) in [7, 11) is 0. The maximum Gasteiger partial charge on any atom is 0.164 e. The molecule has 0 aliphatic heterocycles. The molecule has 7 aromatic rings. The van der Waals surface area contributed by atoms with Crippen LogP contribution in [0.3, 0.4) is 0 Å². The zero-order chi connectivity index (χ0) is 44.0. The van der Waals surface area contributed by atoms with Gasteiger partial charge in [-0.05, 0) is 105 Å². The summed E-state index contributed by atoms with van der Waals surface area (Å²) in [6.07, 6.45) is 33.2. The fourth-order valence-electron chi connectivity index (χ4n) is 12.0. The Morgan fingerprint density at radius 1 is 0.576 bits per heavy atom. The average molecular weight is 868 g/mol. The normalized spacial score (nSPS) is 21.8. The van der Waals surface area contributed by atoms with E-state index in [1.165, 1.54) is 76.2 Å². The third kappa shape index (κ3) is 5.97. The molecule has 5 aromatic carbocycles. The average Bonchev–Trinajstić information content (AvgIpc) is 3.76. The van der Waals surface area contributed by atoms with Gasteiger partial charge in [-0.3, -0.25) is 0 Å². The number of fused-ring (bicyclic) bond motifs is 10. The van der Waals surface area contributed by atoms with E-state index in [1.807, 2.05) is 11.3 Å². The lowest BCUT2D eigenvalue weighted by atomic mass is 9.54. The standard InChI is InChI=1S/C62H49N3S/c1-61(2)50-23-10-5-11-25-52(50)62(53-26-14-13-24-51(53)61)49-35-33-43(44-34-36-56-47(37-44)45-21-12-15-28-55(45)66-56)38-48(49)57-46(22-16-27-54(57)62)60-64-58(41-19-8-4-9-20-41)63-59(65-60)42-31-29-40(30-32-42)39-17-6-3-7-18-39/h3-4,6-14,16-17,19-27,29-37,39,43H,5,15,18,28,38H2,1-2H3/t39-,43?,62?/m0/s1. The zero-order valence-corrected chi connectivity index (χ0v) is 38.2. The lowest BCUT2D eigenvalue weighted by molar-refractivity contribution is 0.564. The lowest BCUT2D eigenvalue weighted by Crippen LogP contribution is -2.41. The van der Waals surface area contributed by atoms with Gasteiger partial charge in [-0.1, -0.05) is 190 Å². The molecule has 0 amide bonds. The summed E-state index contributed by atoms with van der Waals surface area (Å²) >= 11 is 1.97. The number of rotatable bonds is 5. The minimum Gasteiger partial charge on any atom is -0.208 e. The molecule has 2 aromatic heterocycles. The molecule has 3 nitrogen and oxygen atoms in total. The fraction of sp³-hybridized carbons (Fsp3) is 0.177. The number of thiophene rings is 1. The van der Waals surface area contributed by atoms with Crippen molar-refractivity contribution in [1.82, 2.24) is 15.0 Å². The number of benzene rings is 5. The van der Waals surface area contributed by atoms with Crippen LogP contribution in [0, 0.1) is 0 Å². The van der Waals surface area contributed by atoms with Crippen molar-refractivity contribution in [1.29, 1.82) is 0 Å². The Balaban J connectivity index is 1.04. The first-order valence-corrected chi connectivity index (χ1v) is 24.5. The van der Waals surface area contributed by atoms with E-state index in [4.69, 9.17) is 15.0 Å². The highest BCUT2D eigenvalue weighted by atomic mass is 32.1. The van der Waals surface area contributed by atoms with Crippen LogP contribution in [0.25, 0.3) is 55.9 Å². The monoisotopic (exact) mass is 867 g/mol. The lowest BCUT2D eigenvalue weighted by Gasteiger charge is -2.47. The Kier molecular flexibility index (Phi) is 9.12. The molecule has 0 radical (unpaired) electrons. The number of hydrogen-bond acceptors (Lipinski definition) is 4. The van der Waals surface area contributed by atoms with Crippen molar-refractivity contribution in [2.24, 2.45) is 0 Å². The highest BCUT2D eigenvalue weighted by molar-refractivity contribution is 7.19. The van der Waals surface area contributed by atoms with E-state index in [1.54, 1.807) is 0 Å². The Bertz CT molecular complexity index is 3420. The molecule has 0 fully saturated rings. The van der Waals surface area contributed by atoms with E-state index < -0.39 is 5.41 Å². The molecule has 2 unspecified atom stereocenters. The van der Waals surface area contributed by atoms with E-state index in [0.717, 1.165) is 48.8 Å². The number of aryl methyl sites for hydroxylation is 1. The Morgan fingerprint density at radius 3 is 2.14 bits per heavy atom. The van der Waals surface area contributed by atoms with Crippen LogP contribution in [0.15, 0.2) is 199 Å². The maximum atomic E-state index is 5.47. The molecule has 318 valence electrons. The Morgan fingerprint density at radius 2 is 1.32 bits per heavy atom. The largest absolute Gasteiger partial charge is 0.208 e. The summed E-state index contributed by atoms with van der Waals surface area (Å²) in [6, 6.07) is 42.7. The number of hydrogen-bond donors (Lipinski definition) is 0. The summed E-state index contributed by atoms with van der Waals surface area (Å²) < 4.78 is 1.38. The van der Waals surface area contributed by atoms with Crippen LogP contribution in [0.1, 0.15) is 95.2 Å². The van der Waals surface area contributed by atoms with Gasteiger partial charge < -0.3 is 0 Å². The second-order valence-electron chi connectivity index (χ2n) is 19.2. The van der Waals surface area contributed by atoms with E-state index in [-0.39, 0.29) is 11.3 Å². The van der Waals surface area contributed by atoms with Crippen LogP contribution >= 0.6 is 11.3 Å². The van der Waals surface area contributed by atoms with E-state index in [2.05, 4.69) is 202 Å². The van der Waals surface area contributed by atoms with Crippen LogP contribution in [0.4, 0.5) is 0 Å². The number of aromatic nitrogens is 3. The third-order valence-electron chi connectivity index (χ3n) is 15.2. The van der Waals surface area contributed by atoms with Gasteiger partial charge in [-0.15, -0.1) is 11.3 Å². The molecule has 0 saturated heterocycles. The van der Waals surface area contributed by atoms with Crippen LogP contribution in [-0.4, -0.2) is 15.0 Å². The predicted molar refractivity (Wildman–Crippen MR) is 275 cm³/mol. The Labute approximate surface area is 391 Å². The number of nitrogens with zero attached hydrogens (tertiary/aromatic N) is 3. The van der Waals surface area contributed by atoms with Crippen molar-refractivity contribution >= 4 is 33.1 Å². The Hall–Kier alpha value is -7.01. The molecule has 0 bridgehead atoms. The molecular formula is C62H49N3S. The van der Waals surface area contributed by atoms with E-state index in [0.29, 0.717) is 23.4 Å². The minimum absolute atomic E-state index is 0.193. The molecule has 4 heteroatoms. The van der Waals surface area contributed by atoms with Crippen molar-refractivity contribution in [3.05, 3.63) is 243 Å². The van der Waals surface area contributed by atoms with Crippen LogP contribution in [-0.2, 0) is 17.3 Å². The van der Waals surface area contributed by atoms with Crippen molar-refractivity contribution in [3.63, 3.8) is 0 Å². The molecular weight excluding hydrogens is 819 g/mol. The van der Waals surface area contributed by atoms with Gasteiger partial charge in [0.15, 0.2) is 17.5 Å². The van der Waals surface area contributed by atoms with Gasteiger partial charge in [0.2, 0.25) is 0 Å². The van der Waals surface area contributed by atoms with Gasteiger partial charge in [-0.2, -0.15) is 0 Å². The summed E-state index contributed by atoms with van der Waals surface area (Å²) in [5.74, 6) is 2.62. The number of allylic oxidation sites excluding steroid dienone is 15. The molecule has 66 heavy (non-hydrogen) atoms. The molecule has 6 aliphatic carbocycles. The van der Waals surface area contributed by atoms with Crippen LogP contribution < -0.4 is 0 Å². The third-order valence-corrected chi connectivity index (χ3v) is 16.4. The van der Waals surface area contributed by atoms with Crippen molar-refractivity contribution in [2.75, 3.05) is 0 Å². The van der Waals surface area contributed by atoms with Crippen molar-refractivity contribution in [3.8, 4) is 34.2 Å². The second-order valence-corrected chi connectivity index (χ2v) is 20.3. The van der Waals surface area contributed by atoms with Gasteiger partial charge in [0.25, 0.3) is 0 Å². The summed E-state index contributed by atoms with van der Waals surface area (Å²) in [5, 5.41) is 1.39. The summed E-state index contributed by atoms with van der Waals surface area (Å²) in [4.78, 5) is 17.6. The van der Waals surface area contributed by atoms with Gasteiger partial charge in [0.1, 0.15) is 0 Å². The highest BCUT2D eigenvalue weighted by Gasteiger charge is 2.55. The smallest absolute Gasteiger partial charge is 0.164 e. The molecule has 0 saturated carbocycles. The maximum absolute atomic E-state index is 5.47. The van der Waals surface area contributed by atoms with E-state index in [9.17, 15) is 0 Å². The molecule has 3 atom stereocenters. The fourth-order valence-corrected chi connectivity index (χ4v) is 13.2. The van der Waals surface area contributed by atoms with Crippen molar-refractivity contribution < 1.29 is 0 Å². The van der Waals surface area contributed by atoms with Crippen LogP contribution in [0.5, 0.6) is 0 Å². The molecule has 1 spiro atoms. The topological polar surface area (TPSA) is 38.7 Å². The van der Waals surface area contributed by atoms with Gasteiger partial charge in [-0.25, -0.2) is 15.0 Å². The van der Waals surface area contributed by atoms with Gasteiger partial charge >= 0.3 is 0 Å². The SMILES string of the molecule is CC1(C)C2=C(C=CCC=C2)C2(C3=C(CC(c4ccc5sc6c(c5c4)C=CCC6)C=C3)c3c(-c4nc(-c5ccccc5)nc(-c5ccc([C@H]6C=CC=CC6)cc5)n4)cccc32)c2ccccc21. The summed E-state index contributed by atoms with van der Waals surface area (Å²) in [6.45, 7) is 4.82. The van der Waals surface area contributed by atoms with Gasteiger partial charge in [0.05, 0.1) is 5.41 Å². The summed E-state index contributed by atoms with van der Waals surface area (Å²) in [5.41, 5.74) is 17.2. The highest BCUT2D eigenvalue weighted by Crippen LogP contribution is 2.65. The van der Waals surface area contributed by atoms with E-state index >= 15 is 0 Å². The van der Waals surface area contributed by atoms with Gasteiger partial charge in [0, 0.05) is 48.9 Å². The van der Waals surface area contributed by atoms with Crippen LogP contribution in [0.2, 0.25) is 0 Å². The first kappa shape index (κ1) is 39.4.